The highest BCUT2D eigenvalue weighted by atomic mass is 32.1. The molecule has 2 nitrogen and oxygen atoms in total. The number of thiophene rings is 1. The molecule has 2 aliphatic rings. The smallest absolute Gasteiger partial charge is 0.225 e. The van der Waals surface area contributed by atoms with E-state index >= 15 is 0 Å². The Labute approximate surface area is 122 Å². The van der Waals surface area contributed by atoms with E-state index in [2.05, 4.69) is 34.3 Å². The van der Waals surface area contributed by atoms with Crippen molar-refractivity contribution in [1.82, 2.24) is 0 Å². The summed E-state index contributed by atoms with van der Waals surface area (Å²) < 4.78 is 0. The highest BCUT2D eigenvalue weighted by Gasteiger charge is 2.29. The zero-order valence-electron chi connectivity index (χ0n) is 11.3. The van der Waals surface area contributed by atoms with E-state index in [0.717, 1.165) is 18.5 Å². The third-order valence-electron chi connectivity index (χ3n) is 4.54. The molecule has 4 rings (SSSR count). The van der Waals surface area contributed by atoms with Gasteiger partial charge in [-0.25, -0.2) is 0 Å². The quantitative estimate of drug-likeness (QED) is 0.838. The lowest BCUT2D eigenvalue weighted by Gasteiger charge is -2.30. The maximum absolute atomic E-state index is 12.1. The number of benzene rings is 1. The van der Waals surface area contributed by atoms with Crippen molar-refractivity contribution in [2.75, 3.05) is 5.32 Å². The van der Waals surface area contributed by atoms with Crippen LogP contribution in [0.15, 0.2) is 29.0 Å². The van der Waals surface area contributed by atoms with Crippen molar-refractivity contribution in [2.45, 2.75) is 38.0 Å². The molecule has 1 aliphatic carbocycles. The predicted molar refractivity (Wildman–Crippen MR) is 82.5 cm³/mol. The number of amides is 1. The number of rotatable bonds is 1. The molecule has 0 radical (unpaired) electrons. The molecule has 0 saturated heterocycles. The topological polar surface area (TPSA) is 29.1 Å². The van der Waals surface area contributed by atoms with Crippen molar-refractivity contribution in [3.05, 3.63) is 51.2 Å². The van der Waals surface area contributed by atoms with Crippen molar-refractivity contribution >= 4 is 22.9 Å². The van der Waals surface area contributed by atoms with Gasteiger partial charge in [0.25, 0.3) is 0 Å². The maximum Gasteiger partial charge on any atom is 0.225 e. The van der Waals surface area contributed by atoms with Gasteiger partial charge in [-0.05, 0) is 64.8 Å². The molecule has 1 aromatic heterocycles. The summed E-state index contributed by atoms with van der Waals surface area (Å²) in [5.74, 6) is 0.393. The van der Waals surface area contributed by atoms with E-state index in [1.54, 1.807) is 11.3 Å². The number of fused-ring (bicyclic) bond motifs is 3. The molecule has 1 aromatic carbocycles. The first-order valence-corrected chi connectivity index (χ1v) is 8.24. The Balaban J connectivity index is 1.87. The summed E-state index contributed by atoms with van der Waals surface area (Å²) in [6.45, 7) is 0. The summed E-state index contributed by atoms with van der Waals surface area (Å²) in [4.78, 5) is 12.1. The Hall–Kier alpha value is -1.61. The summed E-state index contributed by atoms with van der Waals surface area (Å²) in [6.07, 6.45) is 5.34. The van der Waals surface area contributed by atoms with Gasteiger partial charge in [0.15, 0.2) is 0 Å². The van der Waals surface area contributed by atoms with E-state index in [9.17, 15) is 4.79 Å². The van der Waals surface area contributed by atoms with Crippen LogP contribution in [0.25, 0.3) is 0 Å². The summed E-state index contributed by atoms with van der Waals surface area (Å²) >= 11 is 1.71. The molecule has 20 heavy (non-hydrogen) atoms. The number of carbonyl (C=O) groups is 1. The Kier molecular flexibility index (Phi) is 2.88. The van der Waals surface area contributed by atoms with Crippen molar-refractivity contribution in [1.29, 1.82) is 0 Å². The monoisotopic (exact) mass is 283 g/mol. The normalized spacial score (nSPS) is 21.0. The molecule has 0 spiro atoms. The second kappa shape index (κ2) is 4.74. The number of nitrogens with one attached hydrogen (secondary N) is 1. The van der Waals surface area contributed by atoms with E-state index in [4.69, 9.17) is 0 Å². The van der Waals surface area contributed by atoms with E-state index in [-0.39, 0.29) is 11.8 Å². The van der Waals surface area contributed by atoms with Gasteiger partial charge in [-0.2, -0.15) is 11.3 Å². The SMILES string of the molecule is O=C1CC(c2ccsc2)c2ccc3c(c2N1)CCCC3. The minimum atomic E-state index is 0.160. The van der Waals surface area contributed by atoms with Crippen LogP contribution in [0, 0.1) is 0 Å². The standard InChI is InChI=1S/C17H17NOS/c19-16-9-15(12-7-8-20-10-12)14-6-5-11-3-1-2-4-13(11)17(14)18-16/h5-8,10,15H,1-4,9H2,(H,18,19). The molecule has 1 aliphatic heterocycles. The lowest BCUT2D eigenvalue weighted by Crippen LogP contribution is -2.25. The van der Waals surface area contributed by atoms with Crippen LogP contribution in [0.1, 0.15) is 47.4 Å². The van der Waals surface area contributed by atoms with Gasteiger partial charge < -0.3 is 5.32 Å². The zero-order chi connectivity index (χ0) is 13.5. The number of hydrogen-bond acceptors (Lipinski definition) is 2. The first kappa shape index (κ1) is 12.2. The molecule has 2 aromatic rings. The average Bonchev–Trinajstić information content (AvgIpc) is 3.00. The maximum atomic E-state index is 12.1. The number of aryl methyl sites for hydroxylation is 1. The molecule has 0 saturated carbocycles. The third kappa shape index (κ3) is 1.88. The van der Waals surface area contributed by atoms with Crippen LogP contribution in [0.5, 0.6) is 0 Å². The van der Waals surface area contributed by atoms with E-state index in [1.807, 2.05) is 0 Å². The molecule has 0 fully saturated rings. The zero-order valence-corrected chi connectivity index (χ0v) is 12.1. The summed E-state index contributed by atoms with van der Waals surface area (Å²) in [5.41, 5.74) is 6.53. The Morgan fingerprint density at radius 2 is 2.05 bits per heavy atom. The van der Waals surface area contributed by atoms with Crippen LogP contribution in [-0.2, 0) is 17.6 Å². The highest BCUT2D eigenvalue weighted by molar-refractivity contribution is 7.08. The second-order valence-electron chi connectivity index (χ2n) is 5.74. The van der Waals surface area contributed by atoms with Crippen molar-refractivity contribution in [3.63, 3.8) is 0 Å². The summed E-state index contributed by atoms with van der Waals surface area (Å²) in [7, 11) is 0. The average molecular weight is 283 g/mol. The molecule has 102 valence electrons. The lowest BCUT2D eigenvalue weighted by atomic mass is 9.80. The van der Waals surface area contributed by atoms with Crippen LogP contribution < -0.4 is 5.32 Å². The number of anilines is 1. The summed E-state index contributed by atoms with van der Waals surface area (Å²) in [5, 5.41) is 7.41. The van der Waals surface area contributed by atoms with E-state index < -0.39 is 0 Å². The second-order valence-corrected chi connectivity index (χ2v) is 6.52. The van der Waals surface area contributed by atoms with Crippen LogP contribution in [-0.4, -0.2) is 5.91 Å². The fourth-order valence-electron chi connectivity index (χ4n) is 3.54. The summed E-state index contributed by atoms with van der Waals surface area (Å²) in [6, 6.07) is 6.67. The molecule has 2 heterocycles. The first-order chi connectivity index (χ1) is 9.83. The molecule has 1 atom stereocenters. The highest BCUT2D eigenvalue weighted by Crippen LogP contribution is 2.42. The Morgan fingerprint density at radius 3 is 2.90 bits per heavy atom. The van der Waals surface area contributed by atoms with Gasteiger partial charge in [0.05, 0.1) is 0 Å². The van der Waals surface area contributed by atoms with Gasteiger partial charge in [0.1, 0.15) is 0 Å². The van der Waals surface area contributed by atoms with Crippen LogP contribution in [0.4, 0.5) is 5.69 Å². The number of hydrogen-bond donors (Lipinski definition) is 1. The lowest BCUT2D eigenvalue weighted by molar-refractivity contribution is -0.116. The van der Waals surface area contributed by atoms with Gasteiger partial charge in [-0.15, -0.1) is 0 Å². The Morgan fingerprint density at radius 1 is 1.15 bits per heavy atom. The first-order valence-electron chi connectivity index (χ1n) is 7.29. The van der Waals surface area contributed by atoms with Gasteiger partial charge in [-0.3, -0.25) is 4.79 Å². The molecular weight excluding hydrogens is 266 g/mol. The van der Waals surface area contributed by atoms with Crippen LogP contribution >= 0.6 is 11.3 Å². The molecule has 1 N–H and O–H groups in total. The largest absolute Gasteiger partial charge is 0.326 e. The fraction of sp³-hybridized carbons (Fsp3) is 0.353. The van der Waals surface area contributed by atoms with Crippen LogP contribution in [0.2, 0.25) is 0 Å². The molecule has 0 bridgehead atoms. The number of carbonyl (C=O) groups excluding carboxylic acids is 1. The minimum absolute atomic E-state index is 0.160. The molecule has 1 unspecified atom stereocenters. The predicted octanol–water partition coefficient (Wildman–Crippen LogP) is 4.10. The fourth-order valence-corrected chi connectivity index (χ4v) is 4.25. The van der Waals surface area contributed by atoms with Crippen molar-refractivity contribution < 1.29 is 4.79 Å². The van der Waals surface area contributed by atoms with E-state index in [0.29, 0.717) is 6.42 Å². The van der Waals surface area contributed by atoms with E-state index in [1.165, 1.54) is 35.1 Å². The minimum Gasteiger partial charge on any atom is -0.326 e. The molecule has 3 heteroatoms. The third-order valence-corrected chi connectivity index (χ3v) is 5.24. The van der Waals surface area contributed by atoms with Gasteiger partial charge in [0, 0.05) is 18.0 Å². The van der Waals surface area contributed by atoms with Gasteiger partial charge >= 0.3 is 0 Å². The van der Waals surface area contributed by atoms with Gasteiger partial charge in [-0.1, -0.05) is 12.1 Å². The molecular formula is C17H17NOS. The molecule has 1 amide bonds. The van der Waals surface area contributed by atoms with Crippen molar-refractivity contribution in [3.8, 4) is 0 Å². The van der Waals surface area contributed by atoms with Crippen molar-refractivity contribution in [2.24, 2.45) is 0 Å². The Bertz CT molecular complexity index is 660. The van der Waals surface area contributed by atoms with Crippen LogP contribution in [0.3, 0.4) is 0 Å². The van der Waals surface area contributed by atoms with Gasteiger partial charge in [0.2, 0.25) is 5.91 Å².